The van der Waals surface area contributed by atoms with Crippen molar-refractivity contribution in [3.8, 4) is 0 Å². The summed E-state index contributed by atoms with van der Waals surface area (Å²) >= 11 is 6.02. The number of nitrogens with two attached hydrogens (primary N) is 1. The lowest BCUT2D eigenvalue weighted by molar-refractivity contribution is 0.0998. The minimum absolute atomic E-state index is 0.111. The van der Waals surface area contributed by atoms with Gasteiger partial charge in [-0.3, -0.25) is 15.4 Å². The average molecular weight is 370 g/mol. The molecule has 2 aromatic heterocycles. The second-order valence-corrected chi connectivity index (χ2v) is 6.04. The highest BCUT2D eigenvalue weighted by molar-refractivity contribution is 6.32. The Hall–Kier alpha value is -3.29. The standard InChI is InChI=1S/C18H12ClN3O4/c19-11-3-10-6-16(26-17(10)14(7-11)22-20)18(24)21-12-1-2-15-9(4-12)5-13(8-23)25-15/h1-8,22H,20H2,(H,21,24). The molecule has 0 bridgehead atoms. The summed E-state index contributed by atoms with van der Waals surface area (Å²) in [5.41, 5.74) is 4.50. The molecule has 26 heavy (non-hydrogen) atoms. The molecule has 0 saturated heterocycles. The number of hydrogen-bond acceptors (Lipinski definition) is 6. The van der Waals surface area contributed by atoms with E-state index >= 15 is 0 Å². The van der Waals surface area contributed by atoms with E-state index in [0.717, 1.165) is 0 Å². The fraction of sp³-hybridized carbons (Fsp3) is 0. The molecular weight excluding hydrogens is 358 g/mol. The van der Waals surface area contributed by atoms with E-state index in [4.69, 9.17) is 26.3 Å². The van der Waals surface area contributed by atoms with Gasteiger partial charge in [-0.1, -0.05) is 11.6 Å². The highest BCUT2D eigenvalue weighted by Gasteiger charge is 2.16. The summed E-state index contributed by atoms with van der Waals surface area (Å²) in [6.45, 7) is 0. The Bertz CT molecular complexity index is 1160. The van der Waals surface area contributed by atoms with Crippen LogP contribution in [0.15, 0.2) is 51.3 Å². The van der Waals surface area contributed by atoms with Crippen LogP contribution in [0.5, 0.6) is 0 Å². The molecule has 0 radical (unpaired) electrons. The average Bonchev–Trinajstić information content (AvgIpc) is 3.23. The van der Waals surface area contributed by atoms with E-state index < -0.39 is 5.91 Å². The number of carbonyl (C=O) groups is 2. The van der Waals surface area contributed by atoms with Crippen LogP contribution in [0.1, 0.15) is 21.1 Å². The number of fused-ring (bicyclic) bond motifs is 2. The smallest absolute Gasteiger partial charge is 0.291 e. The van der Waals surface area contributed by atoms with Gasteiger partial charge in [-0.15, -0.1) is 0 Å². The molecule has 0 atom stereocenters. The van der Waals surface area contributed by atoms with E-state index in [1.165, 1.54) is 0 Å². The van der Waals surface area contributed by atoms with Gasteiger partial charge in [0.25, 0.3) is 5.91 Å². The zero-order valence-electron chi connectivity index (χ0n) is 13.2. The zero-order chi connectivity index (χ0) is 18.3. The van der Waals surface area contributed by atoms with Gasteiger partial charge in [0.1, 0.15) is 5.58 Å². The van der Waals surface area contributed by atoms with E-state index in [1.54, 1.807) is 42.5 Å². The van der Waals surface area contributed by atoms with E-state index in [1.807, 2.05) is 0 Å². The maximum Gasteiger partial charge on any atom is 0.291 e. The number of anilines is 2. The van der Waals surface area contributed by atoms with Gasteiger partial charge in [-0.05, 0) is 42.5 Å². The summed E-state index contributed by atoms with van der Waals surface area (Å²) < 4.78 is 10.9. The lowest BCUT2D eigenvalue weighted by Gasteiger charge is -2.03. The fourth-order valence-electron chi connectivity index (χ4n) is 2.73. The molecule has 0 aliphatic heterocycles. The quantitative estimate of drug-likeness (QED) is 0.283. The molecule has 1 amide bonds. The number of hydrazine groups is 1. The first kappa shape index (κ1) is 16.2. The number of nitrogens with one attached hydrogen (secondary N) is 2. The van der Waals surface area contributed by atoms with Gasteiger partial charge in [0.2, 0.25) is 0 Å². The molecule has 4 aromatic rings. The first-order valence-electron chi connectivity index (χ1n) is 7.57. The second kappa shape index (κ2) is 6.21. The third kappa shape index (κ3) is 2.79. The van der Waals surface area contributed by atoms with E-state index in [9.17, 15) is 9.59 Å². The van der Waals surface area contributed by atoms with Crippen molar-refractivity contribution in [3.05, 3.63) is 59.0 Å². The van der Waals surface area contributed by atoms with Crippen LogP contribution >= 0.6 is 11.6 Å². The molecule has 0 unspecified atom stereocenters. The molecule has 0 fully saturated rings. The summed E-state index contributed by atoms with van der Waals surface area (Å²) in [6.07, 6.45) is 0.626. The van der Waals surface area contributed by atoms with Crippen molar-refractivity contribution in [2.24, 2.45) is 5.84 Å². The summed E-state index contributed by atoms with van der Waals surface area (Å²) in [4.78, 5) is 23.3. The van der Waals surface area contributed by atoms with E-state index in [2.05, 4.69) is 10.7 Å². The predicted molar refractivity (Wildman–Crippen MR) is 98.6 cm³/mol. The number of carbonyl (C=O) groups excluding carboxylic acids is 2. The SMILES string of the molecule is NNc1cc(Cl)cc2cc(C(=O)Nc3ccc4oc(C=O)cc4c3)oc12. The molecule has 2 heterocycles. The van der Waals surface area contributed by atoms with Gasteiger partial charge in [-0.2, -0.15) is 0 Å². The topological polar surface area (TPSA) is 110 Å². The highest BCUT2D eigenvalue weighted by Crippen LogP contribution is 2.31. The van der Waals surface area contributed by atoms with Crippen LogP contribution in [-0.4, -0.2) is 12.2 Å². The first-order chi connectivity index (χ1) is 12.6. The van der Waals surface area contributed by atoms with Crippen LogP contribution in [-0.2, 0) is 0 Å². The second-order valence-electron chi connectivity index (χ2n) is 5.60. The Morgan fingerprint density at radius 1 is 1.08 bits per heavy atom. The Labute approximate surface area is 151 Å². The van der Waals surface area contributed by atoms with Crippen molar-refractivity contribution in [3.63, 3.8) is 0 Å². The van der Waals surface area contributed by atoms with Crippen LogP contribution in [0.3, 0.4) is 0 Å². The molecule has 0 saturated carbocycles. The molecule has 0 aliphatic carbocycles. The van der Waals surface area contributed by atoms with Crippen LogP contribution in [0.2, 0.25) is 5.02 Å². The lowest BCUT2D eigenvalue weighted by Crippen LogP contribution is -2.10. The van der Waals surface area contributed by atoms with Crippen molar-refractivity contribution in [2.75, 3.05) is 10.7 Å². The zero-order valence-corrected chi connectivity index (χ0v) is 14.0. The maximum absolute atomic E-state index is 12.5. The minimum atomic E-state index is -0.432. The van der Waals surface area contributed by atoms with Gasteiger partial charge in [0.15, 0.2) is 23.4 Å². The highest BCUT2D eigenvalue weighted by atomic mass is 35.5. The predicted octanol–water partition coefficient (Wildman–Crippen LogP) is 4.18. The summed E-state index contributed by atoms with van der Waals surface area (Å²) in [5.74, 6) is 5.36. The number of hydrogen-bond donors (Lipinski definition) is 3. The molecule has 2 aromatic carbocycles. The number of amides is 1. The Morgan fingerprint density at radius 3 is 2.69 bits per heavy atom. The van der Waals surface area contributed by atoms with Crippen LogP contribution in [0.25, 0.3) is 21.9 Å². The Balaban J connectivity index is 1.65. The largest absolute Gasteiger partial charge is 0.453 e. The summed E-state index contributed by atoms with van der Waals surface area (Å²) in [5, 5.41) is 4.56. The monoisotopic (exact) mass is 369 g/mol. The third-order valence-electron chi connectivity index (χ3n) is 3.87. The first-order valence-corrected chi connectivity index (χ1v) is 7.95. The van der Waals surface area contributed by atoms with Gasteiger partial charge in [0.05, 0.1) is 5.69 Å². The minimum Gasteiger partial charge on any atom is -0.453 e. The van der Waals surface area contributed by atoms with Gasteiger partial charge < -0.3 is 19.6 Å². The molecular formula is C18H12ClN3O4. The molecule has 4 rings (SSSR count). The molecule has 8 heteroatoms. The van der Waals surface area contributed by atoms with Crippen LogP contribution in [0.4, 0.5) is 11.4 Å². The number of furan rings is 2. The molecule has 4 N–H and O–H groups in total. The molecule has 130 valence electrons. The van der Waals surface area contributed by atoms with Crippen molar-refractivity contribution in [2.45, 2.75) is 0 Å². The third-order valence-corrected chi connectivity index (χ3v) is 4.09. The Kier molecular flexibility index (Phi) is 3.87. The van der Waals surface area contributed by atoms with Crippen molar-refractivity contribution in [1.29, 1.82) is 0 Å². The molecule has 0 spiro atoms. The molecule has 0 aliphatic rings. The fourth-order valence-corrected chi connectivity index (χ4v) is 2.95. The van der Waals surface area contributed by atoms with Crippen molar-refractivity contribution < 1.29 is 18.4 Å². The lowest BCUT2D eigenvalue weighted by atomic mass is 10.2. The van der Waals surface area contributed by atoms with E-state index in [0.29, 0.717) is 44.6 Å². The summed E-state index contributed by atoms with van der Waals surface area (Å²) in [7, 11) is 0. The van der Waals surface area contributed by atoms with Crippen LogP contribution in [0, 0.1) is 0 Å². The number of aldehydes is 1. The van der Waals surface area contributed by atoms with Gasteiger partial charge in [0, 0.05) is 21.5 Å². The molecule has 7 nitrogen and oxygen atoms in total. The number of nitrogen functional groups attached to an aromatic ring is 1. The number of rotatable bonds is 4. The van der Waals surface area contributed by atoms with Gasteiger partial charge >= 0.3 is 0 Å². The Morgan fingerprint density at radius 2 is 1.92 bits per heavy atom. The van der Waals surface area contributed by atoms with Crippen molar-refractivity contribution in [1.82, 2.24) is 0 Å². The summed E-state index contributed by atoms with van der Waals surface area (Å²) in [6, 6.07) is 11.5. The van der Waals surface area contributed by atoms with Gasteiger partial charge in [-0.25, -0.2) is 0 Å². The van der Waals surface area contributed by atoms with Crippen molar-refractivity contribution >= 4 is 57.1 Å². The van der Waals surface area contributed by atoms with E-state index in [-0.39, 0.29) is 11.5 Å². The van der Waals surface area contributed by atoms with Crippen LogP contribution < -0.4 is 16.6 Å². The normalized spacial score (nSPS) is 11.0. The maximum atomic E-state index is 12.5. The number of halogens is 1. The number of benzene rings is 2.